The molecule has 1 heterocycles. The number of aromatic hydroxyl groups is 2. The number of carbonyl (C=O) groups is 2. The highest BCUT2D eigenvalue weighted by Gasteiger charge is 2.41. The Morgan fingerprint density at radius 1 is 0.662 bits per heavy atom. The number of nitrogens with zero attached hydrogens (tertiary/aromatic N) is 2. The Kier molecular flexibility index (Phi) is 14.6. The van der Waals surface area contributed by atoms with Crippen molar-refractivity contribution in [3.8, 4) is 17.2 Å². The minimum Gasteiger partial charge on any atom is -0.507 e. The number of phenols is 2. The van der Waals surface area contributed by atoms with Gasteiger partial charge in [-0.2, -0.15) is 52.2 Å². The maximum atomic E-state index is 13.3. The third kappa shape index (κ3) is 11.9. The number of benzene rings is 6. The van der Waals surface area contributed by atoms with Crippen molar-refractivity contribution >= 4 is 124 Å². The van der Waals surface area contributed by atoms with Crippen LogP contribution in [-0.2, 0) is 60.2 Å². The lowest BCUT2D eigenvalue weighted by Gasteiger charge is -2.21. The maximum absolute atomic E-state index is 13.3. The Morgan fingerprint density at radius 3 is 1.91 bits per heavy atom. The van der Waals surface area contributed by atoms with E-state index in [0.29, 0.717) is 22.7 Å². The van der Waals surface area contributed by atoms with Crippen LogP contribution in [0.15, 0.2) is 110 Å². The molecule has 0 aromatic heterocycles. The summed E-state index contributed by atoms with van der Waals surface area (Å²) in [4.78, 5) is 22.3. The van der Waals surface area contributed by atoms with E-state index >= 15 is 0 Å². The van der Waals surface area contributed by atoms with E-state index in [1.807, 2.05) is 0 Å². The number of hydrazone groups is 1. The van der Waals surface area contributed by atoms with Crippen molar-refractivity contribution in [1.29, 1.82) is 0 Å². The molecule has 29 nitrogen and oxygen atoms in total. The van der Waals surface area contributed by atoms with Crippen LogP contribution in [0.25, 0.3) is 21.5 Å². The highest BCUT2D eigenvalue weighted by molar-refractivity contribution is 7.87. The molecule has 0 radical (unpaired) electrons. The molecule has 1 unspecified atom stereocenters. The highest BCUT2D eigenvalue weighted by Crippen LogP contribution is 2.42. The fraction of sp³-hybridized carbons (Fsp3) is 0.125. The maximum Gasteiger partial charge on any atom is 0.354 e. The van der Waals surface area contributed by atoms with Crippen LogP contribution < -0.4 is 42.3 Å². The van der Waals surface area contributed by atoms with Crippen LogP contribution in [-0.4, -0.2) is 116 Å². The van der Waals surface area contributed by atoms with Gasteiger partial charge in [0.2, 0.25) is 0 Å². The van der Waals surface area contributed by atoms with Crippen LogP contribution >= 0.6 is 0 Å². The van der Waals surface area contributed by atoms with E-state index in [2.05, 4.69) is 37.7 Å². The van der Waals surface area contributed by atoms with Gasteiger partial charge < -0.3 is 36.3 Å². The fourth-order valence-electron chi connectivity index (χ4n) is 7.23. The third-order valence-electron chi connectivity index (χ3n) is 10.6. The predicted molar refractivity (Wildman–Crippen MR) is 262 cm³/mol. The number of rotatable bonds is 20. The van der Waals surface area contributed by atoms with Gasteiger partial charge in [0.15, 0.2) is 11.8 Å². The molecule has 74 heavy (non-hydrogen) atoms. The van der Waals surface area contributed by atoms with Gasteiger partial charge in [-0.15, -0.1) is 0 Å². The summed E-state index contributed by atoms with van der Waals surface area (Å²) in [6.07, 6.45) is -0.262. The first kappa shape index (κ1) is 54.1. The smallest absolute Gasteiger partial charge is 0.354 e. The molecule has 0 saturated heterocycles. The van der Waals surface area contributed by atoms with E-state index in [9.17, 15) is 89.8 Å². The molecular formula is C40H38N8O21S5. The van der Waals surface area contributed by atoms with Gasteiger partial charge in [-0.05, 0) is 97.1 Å². The topological polar surface area (TPSA) is 464 Å². The molecule has 0 bridgehead atoms. The van der Waals surface area contributed by atoms with E-state index in [-0.39, 0.29) is 63.4 Å². The second kappa shape index (κ2) is 20.0. The lowest BCUT2D eigenvalue weighted by molar-refractivity contribution is -0.130. The molecule has 1 atom stereocenters. The number of aliphatic carboxylic acids is 1. The van der Waals surface area contributed by atoms with Gasteiger partial charge in [-0.1, -0.05) is 0 Å². The summed E-state index contributed by atoms with van der Waals surface area (Å²) in [6.45, 7) is 1.15. The Labute approximate surface area is 418 Å². The fourth-order valence-corrected chi connectivity index (χ4v) is 10.1. The van der Waals surface area contributed by atoms with E-state index in [1.54, 1.807) is 0 Å². The first-order valence-corrected chi connectivity index (χ1v) is 27.7. The average Bonchev–Trinajstić information content (AvgIpc) is 3.63. The first-order valence-electron chi connectivity index (χ1n) is 20.4. The normalized spacial score (nSPS) is 14.5. The van der Waals surface area contributed by atoms with E-state index in [0.717, 1.165) is 42.5 Å². The second-order valence-corrected chi connectivity index (χ2v) is 22.9. The summed E-state index contributed by atoms with van der Waals surface area (Å²) in [7, 11) is -24.3. The summed E-state index contributed by atoms with van der Waals surface area (Å²) in [5.74, 6) is -5.05. The standard InChI is InChI=1S/C40H38N8O21S5/c1-19-13-29(31(69-11-2-12-70(54,55)56)18-28(19)43-42-27-9-10-32(73(63,64)65)26-16-24(72(60,61)62)17-30(49)34(26)27)44-45-35-33(74(66,67)68)15-20-14-21(3-8-25(20)38(35)50)41-46-36-37(40(52)53)47-48(39(36)51)22-4-6-23(7-5-22)71(57,58)59/h3-10,13-18,36,41-46,49-50H,2,11-12H2,1H3,(H,52,53)(H,54,55,56)(H,57,58,59)(H,60,61,62)(H,63,64,65)(H,66,67,68). The minimum atomic E-state index is -5.20. The van der Waals surface area contributed by atoms with E-state index in [4.69, 9.17) is 4.74 Å². The zero-order valence-electron chi connectivity index (χ0n) is 37.1. The molecule has 7 rings (SSSR count). The zero-order chi connectivity index (χ0) is 54.5. The summed E-state index contributed by atoms with van der Waals surface area (Å²) in [6, 6.07) is 13.1. The lowest BCUT2D eigenvalue weighted by atomic mass is 10.1. The molecule has 0 saturated carbocycles. The van der Waals surface area contributed by atoms with Crippen molar-refractivity contribution in [2.45, 2.75) is 39.0 Å². The molecule has 0 fully saturated rings. The molecule has 0 aliphatic carbocycles. The molecule has 394 valence electrons. The Hall–Kier alpha value is -7.64. The third-order valence-corrected chi connectivity index (χ3v) is 14.9. The van der Waals surface area contributed by atoms with Crippen molar-refractivity contribution in [3.05, 3.63) is 90.5 Å². The van der Waals surface area contributed by atoms with Gasteiger partial charge >= 0.3 is 5.97 Å². The number of ether oxygens (including phenoxy) is 1. The van der Waals surface area contributed by atoms with Crippen LogP contribution in [0.5, 0.6) is 17.2 Å². The molecule has 6 aromatic rings. The van der Waals surface area contributed by atoms with Crippen molar-refractivity contribution in [3.63, 3.8) is 0 Å². The Morgan fingerprint density at radius 2 is 1.30 bits per heavy atom. The summed E-state index contributed by atoms with van der Waals surface area (Å²) in [5, 5.41) is 35.6. The van der Waals surface area contributed by atoms with Crippen LogP contribution in [0.1, 0.15) is 12.0 Å². The van der Waals surface area contributed by atoms with Gasteiger partial charge in [-0.25, -0.2) is 10.2 Å². The quantitative estimate of drug-likeness (QED) is 0.0226. The summed E-state index contributed by atoms with van der Waals surface area (Å²) in [5.41, 5.74) is 14.7. The lowest BCUT2D eigenvalue weighted by Crippen LogP contribution is -2.48. The van der Waals surface area contributed by atoms with Gasteiger partial charge in [0.05, 0.1) is 44.9 Å². The number of aryl methyl sites for hydroxylation is 1. The van der Waals surface area contributed by atoms with Crippen LogP contribution in [0.3, 0.4) is 0 Å². The number of carbonyl (C=O) groups excluding carboxylic acids is 1. The van der Waals surface area contributed by atoms with Gasteiger partial charge in [0, 0.05) is 34.0 Å². The van der Waals surface area contributed by atoms with E-state index in [1.165, 1.54) is 37.3 Å². The molecule has 1 aliphatic heterocycles. The predicted octanol–water partition coefficient (Wildman–Crippen LogP) is 3.01. The number of carboxylic acid groups (broad SMARTS) is 1. The largest absolute Gasteiger partial charge is 0.507 e. The van der Waals surface area contributed by atoms with Gasteiger partial charge in [0.25, 0.3) is 56.5 Å². The van der Waals surface area contributed by atoms with Crippen molar-refractivity contribution < 1.29 is 94.5 Å². The number of phenolic OH excluding ortho intramolecular Hbond substituents is 2. The zero-order valence-corrected chi connectivity index (χ0v) is 41.2. The number of hydrazine groups is 3. The Bertz CT molecular complexity index is 3940. The van der Waals surface area contributed by atoms with Crippen LogP contribution in [0, 0.1) is 6.92 Å². The summed E-state index contributed by atoms with van der Waals surface area (Å²) < 4.78 is 174. The number of fused-ring (bicyclic) bond motifs is 2. The van der Waals surface area contributed by atoms with E-state index < -0.39 is 122 Å². The summed E-state index contributed by atoms with van der Waals surface area (Å²) >= 11 is 0. The molecule has 6 aromatic carbocycles. The van der Waals surface area contributed by atoms with Crippen molar-refractivity contribution in [2.75, 3.05) is 44.5 Å². The Balaban J connectivity index is 1.16. The monoisotopic (exact) mass is 1130 g/mol. The number of carboxylic acids is 1. The number of hydrogen-bond acceptors (Lipinski definition) is 22. The minimum absolute atomic E-state index is 0.0379. The van der Waals surface area contributed by atoms with Crippen LogP contribution in [0.4, 0.5) is 34.1 Å². The number of hydrogen-bond donors (Lipinski definition) is 14. The molecule has 1 aliphatic rings. The second-order valence-electron chi connectivity index (χ2n) is 15.7. The number of amides is 1. The molecule has 1 amide bonds. The first-order chi connectivity index (χ1) is 34.3. The average molecular weight is 1130 g/mol. The van der Waals surface area contributed by atoms with Crippen molar-refractivity contribution in [1.82, 2.24) is 5.43 Å². The number of nitrogens with one attached hydrogen (secondary N) is 6. The van der Waals surface area contributed by atoms with Crippen molar-refractivity contribution in [2.24, 2.45) is 5.10 Å². The highest BCUT2D eigenvalue weighted by atomic mass is 32.2. The SMILES string of the molecule is Cc1cc(NNc2c(S(=O)(=O)O)cc3cc(NNC4C(=O)N(c5ccc(S(=O)(=O)O)cc5)N=C4C(=O)O)ccc3c2O)c(OCCCS(=O)(=O)O)cc1NNc1ccc(S(=O)(=O)O)c2cc(S(=O)(=O)O)cc(O)c12. The molecule has 34 heteroatoms. The van der Waals surface area contributed by atoms with Gasteiger partial charge in [-0.3, -0.25) is 38.4 Å². The molecular weight excluding hydrogens is 1090 g/mol. The van der Waals surface area contributed by atoms with Crippen LogP contribution in [0.2, 0.25) is 0 Å². The number of anilines is 6. The molecule has 14 N–H and O–H groups in total. The van der Waals surface area contributed by atoms with Gasteiger partial charge in [0.1, 0.15) is 32.7 Å². The molecule has 0 spiro atoms.